The molecule has 3 heteroatoms. The topological polar surface area (TPSA) is 17.8 Å². The van der Waals surface area contributed by atoms with Crippen molar-refractivity contribution in [2.45, 2.75) is 6.92 Å². The lowest BCUT2D eigenvalue weighted by molar-refractivity contribution is 1.03. The van der Waals surface area contributed by atoms with Gasteiger partial charge in [0.15, 0.2) is 0 Å². The Morgan fingerprint density at radius 2 is 2.27 bits per heavy atom. The van der Waals surface area contributed by atoms with E-state index in [0.717, 1.165) is 5.52 Å². The fourth-order valence-corrected chi connectivity index (χ4v) is 1.43. The van der Waals surface area contributed by atoms with Crippen molar-refractivity contribution >= 4 is 20.3 Å². The molecule has 2 rings (SSSR count). The van der Waals surface area contributed by atoms with E-state index in [9.17, 15) is 0 Å². The molecular weight excluding hydrogens is 155 g/mol. The number of nitrogens with zero attached hydrogens (tertiary/aromatic N) is 2. The molecule has 2 nitrogen and oxygen atoms in total. The summed E-state index contributed by atoms with van der Waals surface area (Å²) in [5.74, 6) is 0. The smallest absolute Gasteiger partial charge is 0.0928 e. The Bertz CT molecular complexity index is 392. The van der Waals surface area contributed by atoms with Crippen LogP contribution in [0.4, 0.5) is 0 Å². The molecule has 0 spiro atoms. The summed E-state index contributed by atoms with van der Waals surface area (Å²) in [6.07, 6.45) is 1.99. The third-order valence-corrected chi connectivity index (χ3v) is 1.95. The number of aryl methyl sites for hydroxylation is 1. The van der Waals surface area contributed by atoms with Crippen molar-refractivity contribution in [2.75, 3.05) is 0 Å². The average Bonchev–Trinajstić information content (AvgIpc) is 2.27. The van der Waals surface area contributed by atoms with Gasteiger partial charge in [0.1, 0.15) is 0 Å². The van der Waals surface area contributed by atoms with Crippen LogP contribution < -0.4 is 0 Å². The van der Waals surface area contributed by atoms with Gasteiger partial charge in [-0.05, 0) is 27.9 Å². The van der Waals surface area contributed by atoms with Crippen LogP contribution in [0.25, 0.3) is 10.9 Å². The van der Waals surface area contributed by atoms with Crippen LogP contribution in [0, 0.1) is 6.92 Å². The van der Waals surface area contributed by atoms with Crippen LogP contribution >= 0.6 is 9.39 Å². The molecule has 0 bridgehead atoms. The summed E-state index contributed by atoms with van der Waals surface area (Å²) in [6.45, 7) is 2.07. The van der Waals surface area contributed by atoms with Crippen molar-refractivity contribution in [1.82, 2.24) is 9.55 Å². The highest BCUT2D eigenvalue weighted by molar-refractivity contribution is 7.14. The fraction of sp³-hybridized carbons (Fsp3) is 0.125. The number of hydrogen-bond donors (Lipinski definition) is 0. The molecule has 0 aliphatic carbocycles. The van der Waals surface area contributed by atoms with Crippen molar-refractivity contribution in [3.8, 4) is 0 Å². The SMILES string of the molecule is Cc1ccc2cn(P)nc2c1. The zero-order valence-corrected chi connectivity index (χ0v) is 7.44. The van der Waals surface area contributed by atoms with Crippen LogP contribution in [0.2, 0.25) is 0 Å². The fourth-order valence-electron chi connectivity index (χ4n) is 1.15. The van der Waals surface area contributed by atoms with E-state index in [1.807, 2.05) is 6.20 Å². The highest BCUT2D eigenvalue weighted by Crippen LogP contribution is 2.14. The Hall–Kier alpha value is -0.880. The van der Waals surface area contributed by atoms with E-state index in [0.29, 0.717) is 0 Å². The second kappa shape index (κ2) is 2.31. The first-order valence-corrected chi connectivity index (χ1v) is 3.98. The van der Waals surface area contributed by atoms with Crippen molar-refractivity contribution in [3.63, 3.8) is 0 Å². The molecule has 0 aliphatic rings. The van der Waals surface area contributed by atoms with Gasteiger partial charge in [-0.25, -0.2) is 0 Å². The summed E-state index contributed by atoms with van der Waals surface area (Å²) < 4.78 is 1.75. The molecule has 2 aromatic rings. The average molecular weight is 164 g/mol. The van der Waals surface area contributed by atoms with E-state index in [1.54, 1.807) is 4.45 Å². The Labute approximate surface area is 67.5 Å². The normalized spacial score (nSPS) is 10.7. The summed E-state index contributed by atoms with van der Waals surface area (Å²) >= 11 is 0. The first kappa shape index (κ1) is 6.81. The first-order valence-electron chi connectivity index (χ1n) is 3.47. The monoisotopic (exact) mass is 164 g/mol. The van der Waals surface area contributed by atoms with Gasteiger partial charge in [0.2, 0.25) is 0 Å². The molecule has 56 valence electrons. The minimum atomic E-state index is 1.06. The van der Waals surface area contributed by atoms with Crippen LogP contribution in [0.15, 0.2) is 24.4 Å². The molecule has 1 heterocycles. The Morgan fingerprint density at radius 1 is 1.45 bits per heavy atom. The highest BCUT2D eigenvalue weighted by Gasteiger charge is 1.96. The summed E-state index contributed by atoms with van der Waals surface area (Å²) in [5.41, 5.74) is 2.31. The van der Waals surface area contributed by atoms with E-state index in [2.05, 4.69) is 39.6 Å². The third-order valence-electron chi connectivity index (χ3n) is 1.68. The maximum Gasteiger partial charge on any atom is 0.0928 e. The molecule has 11 heavy (non-hydrogen) atoms. The lowest BCUT2D eigenvalue weighted by atomic mass is 10.2. The zero-order valence-electron chi connectivity index (χ0n) is 6.28. The molecule has 0 fully saturated rings. The van der Waals surface area contributed by atoms with Gasteiger partial charge >= 0.3 is 0 Å². The van der Waals surface area contributed by atoms with Gasteiger partial charge in [-0.3, -0.25) is 4.45 Å². The van der Waals surface area contributed by atoms with Gasteiger partial charge in [-0.15, -0.1) is 0 Å². The molecule has 0 radical (unpaired) electrons. The molecule has 1 aromatic heterocycles. The van der Waals surface area contributed by atoms with Gasteiger partial charge in [0.25, 0.3) is 0 Å². The van der Waals surface area contributed by atoms with Gasteiger partial charge in [0.05, 0.1) is 5.52 Å². The summed E-state index contributed by atoms with van der Waals surface area (Å²) in [7, 11) is 2.52. The predicted molar refractivity (Wildman–Crippen MR) is 49.6 cm³/mol. The molecular formula is C8H9N2P. The molecule has 0 saturated heterocycles. The lowest BCUT2D eigenvalue weighted by Gasteiger charge is -1.88. The Balaban J connectivity index is 2.82. The number of benzene rings is 1. The van der Waals surface area contributed by atoms with Crippen molar-refractivity contribution in [2.24, 2.45) is 0 Å². The quantitative estimate of drug-likeness (QED) is 0.544. The van der Waals surface area contributed by atoms with E-state index in [4.69, 9.17) is 0 Å². The van der Waals surface area contributed by atoms with Gasteiger partial charge in [-0.2, -0.15) is 5.10 Å². The van der Waals surface area contributed by atoms with Gasteiger partial charge in [-0.1, -0.05) is 12.1 Å². The van der Waals surface area contributed by atoms with E-state index >= 15 is 0 Å². The molecule has 0 N–H and O–H groups in total. The number of rotatable bonds is 0. The highest BCUT2D eigenvalue weighted by atomic mass is 31.0. The minimum Gasteiger partial charge on any atom is -0.257 e. The standard InChI is InChI=1S/C8H9N2P/c1-6-2-3-7-5-10(11)9-8(7)4-6/h2-5H,11H2,1H3. The van der Waals surface area contributed by atoms with E-state index in [-0.39, 0.29) is 0 Å². The van der Waals surface area contributed by atoms with E-state index < -0.39 is 0 Å². The largest absolute Gasteiger partial charge is 0.257 e. The van der Waals surface area contributed by atoms with Crippen molar-refractivity contribution in [1.29, 1.82) is 0 Å². The minimum absolute atomic E-state index is 1.06. The molecule has 0 saturated carbocycles. The number of aromatic nitrogens is 2. The summed E-state index contributed by atoms with van der Waals surface area (Å²) in [6, 6.07) is 6.25. The second-order valence-electron chi connectivity index (χ2n) is 2.67. The molecule has 1 aromatic carbocycles. The van der Waals surface area contributed by atoms with Crippen LogP contribution in [0.1, 0.15) is 5.56 Å². The van der Waals surface area contributed by atoms with E-state index in [1.165, 1.54) is 10.9 Å². The maximum atomic E-state index is 4.25. The van der Waals surface area contributed by atoms with Gasteiger partial charge in [0, 0.05) is 11.6 Å². The second-order valence-corrected chi connectivity index (χ2v) is 3.20. The maximum absolute atomic E-state index is 4.25. The Kier molecular flexibility index (Phi) is 1.43. The Morgan fingerprint density at radius 3 is 3.09 bits per heavy atom. The first-order chi connectivity index (χ1) is 5.25. The van der Waals surface area contributed by atoms with Crippen molar-refractivity contribution in [3.05, 3.63) is 30.0 Å². The third kappa shape index (κ3) is 1.14. The molecule has 1 unspecified atom stereocenters. The molecule has 1 atom stereocenters. The number of hydrogen-bond acceptors (Lipinski definition) is 1. The van der Waals surface area contributed by atoms with Crippen molar-refractivity contribution < 1.29 is 0 Å². The number of fused-ring (bicyclic) bond motifs is 1. The molecule has 0 aliphatic heterocycles. The summed E-state index contributed by atoms with van der Waals surface area (Å²) in [5, 5.41) is 5.44. The van der Waals surface area contributed by atoms with Crippen LogP contribution in [-0.2, 0) is 0 Å². The summed E-state index contributed by atoms with van der Waals surface area (Å²) in [4.78, 5) is 0. The van der Waals surface area contributed by atoms with Crippen LogP contribution in [-0.4, -0.2) is 9.55 Å². The van der Waals surface area contributed by atoms with Crippen LogP contribution in [0.5, 0.6) is 0 Å². The van der Waals surface area contributed by atoms with Gasteiger partial charge < -0.3 is 0 Å². The zero-order chi connectivity index (χ0) is 7.84. The molecule has 0 amide bonds. The van der Waals surface area contributed by atoms with Crippen LogP contribution in [0.3, 0.4) is 0 Å². The predicted octanol–water partition coefficient (Wildman–Crippen LogP) is 1.98. The lowest BCUT2D eigenvalue weighted by Crippen LogP contribution is -1.75.